The summed E-state index contributed by atoms with van der Waals surface area (Å²) in [5.74, 6) is -0.984. The van der Waals surface area contributed by atoms with Crippen molar-refractivity contribution in [3.63, 3.8) is 0 Å². The Morgan fingerprint density at radius 2 is 2.00 bits per heavy atom. The van der Waals surface area contributed by atoms with E-state index in [2.05, 4.69) is 10.5 Å². The van der Waals surface area contributed by atoms with Crippen LogP contribution in [0.5, 0.6) is 0 Å². The van der Waals surface area contributed by atoms with Crippen molar-refractivity contribution in [3.05, 3.63) is 0 Å². The standard InChI is InChI=1S/C10H20N2O3/c1-9(10(13)14)12-11-7-5-3-4-6-8-15-2/h11H,3-8H2,1-2H3,(H,13,14)/b12-9-. The molecule has 0 saturated carbocycles. The molecule has 5 heteroatoms. The lowest BCUT2D eigenvalue weighted by Crippen LogP contribution is -2.16. The molecule has 0 radical (unpaired) electrons. The van der Waals surface area contributed by atoms with Crippen LogP contribution >= 0.6 is 0 Å². The van der Waals surface area contributed by atoms with Gasteiger partial charge in [0, 0.05) is 20.3 Å². The van der Waals surface area contributed by atoms with Gasteiger partial charge in [-0.05, 0) is 19.8 Å². The fourth-order valence-electron chi connectivity index (χ4n) is 1.03. The van der Waals surface area contributed by atoms with Crippen molar-refractivity contribution in [2.75, 3.05) is 20.3 Å². The van der Waals surface area contributed by atoms with Gasteiger partial charge in [0.05, 0.1) is 0 Å². The molecule has 0 fully saturated rings. The number of hydrogen-bond donors (Lipinski definition) is 2. The molecule has 0 aliphatic rings. The van der Waals surface area contributed by atoms with Crippen molar-refractivity contribution in [1.29, 1.82) is 0 Å². The molecule has 0 heterocycles. The molecular weight excluding hydrogens is 196 g/mol. The topological polar surface area (TPSA) is 70.9 Å². The average Bonchev–Trinajstić information content (AvgIpc) is 2.21. The highest BCUT2D eigenvalue weighted by Crippen LogP contribution is 1.98. The molecule has 88 valence electrons. The highest BCUT2D eigenvalue weighted by atomic mass is 16.5. The first-order valence-corrected chi connectivity index (χ1v) is 5.18. The molecule has 0 unspecified atom stereocenters. The number of unbranched alkanes of at least 4 members (excludes halogenated alkanes) is 3. The van der Waals surface area contributed by atoms with Gasteiger partial charge in [-0.15, -0.1) is 0 Å². The van der Waals surface area contributed by atoms with E-state index >= 15 is 0 Å². The van der Waals surface area contributed by atoms with E-state index in [-0.39, 0.29) is 5.71 Å². The summed E-state index contributed by atoms with van der Waals surface area (Å²) in [6.45, 7) is 3.00. The quantitative estimate of drug-likeness (QED) is 0.345. The molecule has 0 rings (SSSR count). The third kappa shape index (κ3) is 9.21. The van der Waals surface area contributed by atoms with Crippen molar-refractivity contribution in [3.8, 4) is 0 Å². The van der Waals surface area contributed by atoms with Crippen molar-refractivity contribution in [2.45, 2.75) is 32.6 Å². The lowest BCUT2D eigenvalue weighted by Gasteiger charge is -2.01. The van der Waals surface area contributed by atoms with Crippen LogP contribution in [0.4, 0.5) is 0 Å². The molecule has 0 spiro atoms. The summed E-state index contributed by atoms with van der Waals surface area (Å²) in [5.41, 5.74) is 2.83. The van der Waals surface area contributed by atoms with Crippen LogP contribution in [0.25, 0.3) is 0 Å². The zero-order valence-corrected chi connectivity index (χ0v) is 9.45. The minimum absolute atomic E-state index is 0.0920. The van der Waals surface area contributed by atoms with Crippen LogP contribution in [0.3, 0.4) is 0 Å². The zero-order chi connectivity index (χ0) is 11.5. The first kappa shape index (κ1) is 13.9. The number of hydrogen-bond acceptors (Lipinski definition) is 4. The number of carboxylic acid groups (broad SMARTS) is 1. The van der Waals surface area contributed by atoms with Crippen LogP contribution in [0.15, 0.2) is 5.10 Å². The SMILES string of the molecule is COCCCCCCN/N=C(/C)C(=O)O. The first-order valence-electron chi connectivity index (χ1n) is 5.18. The zero-order valence-electron chi connectivity index (χ0n) is 9.45. The van der Waals surface area contributed by atoms with Gasteiger partial charge in [-0.1, -0.05) is 12.8 Å². The van der Waals surface area contributed by atoms with E-state index in [0.717, 1.165) is 38.8 Å². The summed E-state index contributed by atoms with van der Waals surface area (Å²) >= 11 is 0. The van der Waals surface area contributed by atoms with Gasteiger partial charge in [-0.25, -0.2) is 4.79 Å². The second-order valence-corrected chi connectivity index (χ2v) is 3.32. The van der Waals surface area contributed by atoms with Crippen LogP contribution in [0, 0.1) is 0 Å². The summed E-state index contributed by atoms with van der Waals surface area (Å²) in [4.78, 5) is 10.4. The minimum Gasteiger partial charge on any atom is -0.477 e. The van der Waals surface area contributed by atoms with Gasteiger partial charge in [-0.2, -0.15) is 5.10 Å². The maximum atomic E-state index is 10.4. The Hall–Kier alpha value is -1.10. The average molecular weight is 216 g/mol. The van der Waals surface area contributed by atoms with Gasteiger partial charge >= 0.3 is 5.97 Å². The van der Waals surface area contributed by atoms with Gasteiger partial charge in [-0.3, -0.25) is 0 Å². The maximum absolute atomic E-state index is 10.4. The largest absolute Gasteiger partial charge is 0.477 e. The predicted molar refractivity (Wildman–Crippen MR) is 59.1 cm³/mol. The van der Waals surface area contributed by atoms with Crippen LogP contribution in [0.2, 0.25) is 0 Å². The Balaban J connectivity index is 3.25. The number of rotatable bonds is 9. The number of carboxylic acids is 1. The summed E-state index contributed by atoms with van der Waals surface area (Å²) in [7, 11) is 1.70. The number of carbonyl (C=O) groups is 1. The van der Waals surface area contributed by atoms with E-state index in [1.54, 1.807) is 7.11 Å². The van der Waals surface area contributed by atoms with Crippen molar-refractivity contribution in [1.82, 2.24) is 5.43 Å². The lowest BCUT2D eigenvalue weighted by atomic mass is 10.2. The van der Waals surface area contributed by atoms with Gasteiger partial charge in [0.1, 0.15) is 5.71 Å². The number of aliphatic carboxylic acids is 1. The van der Waals surface area contributed by atoms with Gasteiger partial charge in [0.15, 0.2) is 0 Å². The molecule has 0 aliphatic carbocycles. The van der Waals surface area contributed by atoms with Crippen molar-refractivity contribution in [2.24, 2.45) is 5.10 Å². The molecule has 0 bridgehead atoms. The smallest absolute Gasteiger partial charge is 0.351 e. The molecule has 0 saturated heterocycles. The molecule has 0 aromatic heterocycles. The third-order valence-corrected chi connectivity index (χ3v) is 1.94. The summed E-state index contributed by atoms with van der Waals surface area (Å²) in [6, 6.07) is 0. The molecule has 0 aromatic rings. The second-order valence-electron chi connectivity index (χ2n) is 3.32. The Bertz CT molecular complexity index is 205. The molecule has 0 amide bonds. The summed E-state index contributed by atoms with van der Waals surface area (Å²) < 4.78 is 4.92. The lowest BCUT2D eigenvalue weighted by molar-refractivity contribution is -0.129. The summed E-state index contributed by atoms with van der Waals surface area (Å²) in [6.07, 6.45) is 4.32. The number of hydrazone groups is 1. The Morgan fingerprint density at radius 3 is 2.60 bits per heavy atom. The normalized spacial score (nSPS) is 11.5. The van der Waals surface area contributed by atoms with Crippen molar-refractivity contribution >= 4 is 11.7 Å². The van der Waals surface area contributed by atoms with E-state index in [1.165, 1.54) is 6.92 Å². The number of ether oxygens (including phenoxy) is 1. The van der Waals surface area contributed by atoms with Crippen LogP contribution in [-0.4, -0.2) is 37.0 Å². The summed E-state index contributed by atoms with van der Waals surface area (Å²) in [5, 5.41) is 12.2. The predicted octanol–water partition coefficient (Wildman–Crippen LogP) is 1.24. The maximum Gasteiger partial charge on any atom is 0.351 e. The molecular formula is C10H20N2O3. The van der Waals surface area contributed by atoms with Gasteiger partial charge in [0.25, 0.3) is 0 Å². The molecule has 5 nitrogen and oxygen atoms in total. The van der Waals surface area contributed by atoms with E-state index < -0.39 is 5.97 Å². The molecule has 15 heavy (non-hydrogen) atoms. The third-order valence-electron chi connectivity index (χ3n) is 1.94. The second kappa shape index (κ2) is 9.45. The molecule has 0 aliphatic heterocycles. The number of nitrogens with one attached hydrogen (secondary N) is 1. The molecule has 0 aromatic carbocycles. The van der Waals surface area contributed by atoms with Crippen LogP contribution in [0.1, 0.15) is 32.6 Å². The first-order chi connectivity index (χ1) is 7.18. The van der Waals surface area contributed by atoms with Gasteiger partial charge < -0.3 is 15.3 Å². The Labute approximate surface area is 90.5 Å². The molecule has 0 atom stereocenters. The monoisotopic (exact) mass is 216 g/mol. The van der Waals surface area contributed by atoms with Gasteiger partial charge in [0.2, 0.25) is 0 Å². The van der Waals surface area contributed by atoms with E-state index in [0.29, 0.717) is 0 Å². The molecule has 2 N–H and O–H groups in total. The van der Waals surface area contributed by atoms with E-state index in [9.17, 15) is 4.79 Å². The Morgan fingerprint density at radius 1 is 1.33 bits per heavy atom. The highest BCUT2D eigenvalue weighted by Gasteiger charge is 1.99. The van der Waals surface area contributed by atoms with E-state index in [1.807, 2.05) is 0 Å². The Kier molecular flexibility index (Phi) is 8.76. The fourth-order valence-corrected chi connectivity index (χ4v) is 1.03. The van der Waals surface area contributed by atoms with Crippen LogP contribution in [-0.2, 0) is 9.53 Å². The number of nitrogens with zero attached hydrogens (tertiary/aromatic N) is 1. The minimum atomic E-state index is -0.984. The highest BCUT2D eigenvalue weighted by molar-refractivity contribution is 6.34. The van der Waals surface area contributed by atoms with Crippen molar-refractivity contribution < 1.29 is 14.6 Å². The fraction of sp³-hybridized carbons (Fsp3) is 0.800. The van der Waals surface area contributed by atoms with Crippen LogP contribution < -0.4 is 5.43 Å². The van der Waals surface area contributed by atoms with E-state index in [4.69, 9.17) is 9.84 Å². The number of methoxy groups -OCH3 is 1.